The van der Waals surface area contributed by atoms with Gasteiger partial charge in [0.15, 0.2) is 6.29 Å². The van der Waals surface area contributed by atoms with E-state index >= 15 is 0 Å². The monoisotopic (exact) mass is 234 g/mol. The molecule has 1 aromatic heterocycles. The predicted octanol–water partition coefficient (Wildman–Crippen LogP) is 2.90. The van der Waals surface area contributed by atoms with Crippen LogP contribution in [-0.2, 0) is 6.42 Å². The van der Waals surface area contributed by atoms with E-state index in [0.29, 0.717) is 10.6 Å². The van der Waals surface area contributed by atoms with Gasteiger partial charge in [-0.3, -0.25) is 4.79 Å². The van der Waals surface area contributed by atoms with Crippen molar-refractivity contribution in [3.05, 3.63) is 46.7 Å². The average Bonchev–Trinajstić information content (AvgIpc) is 2.77. The molecular formula is C12H11ClN2O. The normalized spacial score (nSPS) is 10.4. The van der Waals surface area contributed by atoms with E-state index in [1.165, 1.54) is 0 Å². The summed E-state index contributed by atoms with van der Waals surface area (Å²) in [6, 6.07) is 5.17. The average molecular weight is 235 g/mol. The van der Waals surface area contributed by atoms with Crippen LogP contribution in [0.4, 0.5) is 0 Å². The van der Waals surface area contributed by atoms with Gasteiger partial charge in [-0.15, -0.1) is 0 Å². The maximum atomic E-state index is 10.9. The van der Waals surface area contributed by atoms with E-state index in [1.807, 2.05) is 6.20 Å². The summed E-state index contributed by atoms with van der Waals surface area (Å²) in [5, 5.41) is 4.76. The predicted molar refractivity (Wildman–Crippen MR) is 63.3 cm³/mol. The number of nitrogens with zero attached hydrogens (tertiary/aromatic N) is 2. The third kappa shape index (κ3) is 1.99. The van der Waals surface area contributed by atoms with Gasteiger partial charge in [0.25, 0.3) is 0 Å². The lowest BCUT2D eigenvalue weighted by Gasteiger charge is -2.04. The fourth-order valence-electron chi connectivity index (χ4n) is 1.50. The van der Waals surface area contributed by atoms with Crippen LogP contribution in [0, 0.1) is 0 Å². The number of aryl methyl sites for hydroxylation is 1. The molecule has 0 saturated heterocycles. The van der Waals surface area contributed by atoms with Gasteiger partial charge in [0.2, 0.25) is 0 Å². The Morgan fingerprint density at radius 2 is 2.31 bits per heavy atom. The molecule has 1 aromatic carbocycles. The maximum absolute atomic E-state index is 10.9. The first-order chi connectivity index (χ1) is 7.74. The molecule has 0 N–H and O–H groups in total. The van der Waals surface area contributed by atoms with Crippen LogP contribution in [0.2, 0.25) is 5.02 Å². The minimum Gasteiger partial charge on any atom is -0.298 e. The van der Waals surface area contributed by atoms with Crippen molar-refractivity contribution >= 4 is 17.9 Å². The molecule has 0 atom stereocenters. The van der Waals surface area contributed by atoms with Gasteiger partial charge in [-0.25, -0.2) is 4.68 Å². The van der Waals surface area contributed by atoms with Gasteiger partial charge in [0, 0.05) is 16.8 Å². The van der Waals surface area contributed by atoms with Gasteiger partial charge >= 0.3 is 0 Å². The number of aldehydes is 1. The lowest BCUT2D eigenvalue weighted by molar-refractivity contribution is 0.112. The summed E-state index contributed by atoms with van der Waals surface area (Å²) in [6.07, 6.45) is 5.41. The lowest BCUT2D eigenvalue weighted by Crippen LogP contribution is -1.99. The summed E-state index contributed by atoms with van der Waals surface area (Å²) >= 11 is 5.83. The van der Waals surface area contributed by atoms with Crippen molar-refractivity contribution < 1.29 is 4.79 Å². The Bertz CT molecular complexity index is 519. The summed E-state index contributed by atoms with van der Waals surface area (Å²) in [7, 11) is 0. The van der Waals surface area contributed by atoms with Crippen LogP contribution in [0.1, 0.15) is 22.8 Å². The lowest BCUT2D eigenvalue weighted by atomic mass is 10.2. The third-order valence-corrected chi connectivity index (χ3v) is 2.64. The second kappa shape index (κ2) is 4.49. The largest absolute Gasteiger partial charge is 0.298 e. The van der Waals surface area contributed by atoms with Crippen molar-refractivity contribution in [3.63, 3.8) is 0 Å². The first-order valence-electron chi connectivity index (χ1n) is 5.03. The quantitative estimate of drug-likeness (QED) is 0.766. The fourth-order valence-corrected chi connectivity index (χ4v) is 1.68. The number of halogens is 1. The van der Waals surface area contributed by atoms with Crippen LogP contribution in [0.5, 0.6) is 0 Å². The number of hydrogen-bond donors (Lipinski definition) is 0. The molecule has 0 unspecified atom stereocenters. The molecule has 0 aliphatic heterocycles. The number of carbonyl (C=O) groups is 1. The van der Waals surface area contributed by atoms with Crippen LogP contribution in [0.25, 0.3) is 5.69 Å². The summed E-state index contributed by atoms with van der Waals surface area (Å²) in [5.74, 6) is 0. The minimum atomic E-state index is 0.540. The van der Waals surface area contributed by atoms with E-state index in [1.54, 1.807) is 29.1 Å². The Morgan fingerprint density at radius 3 is 2.94 bits per heavy atom. The topological polar surface area (TPSA) is 34.9 Å². The standard InChI is InChI=1S/C12H11ClN2O/c1-2-9-6-14-15(7-9)12-4-3-11(13)5-10(12)8-16/h3-8H,2H2,1H3. The number of carbonyl (C=O) groups excluding carboxylic acids is 1. The molecule has 4 heteroatoms. The summed E-state index contributed by atoms with van der Waals surface area (Å²) in [4.78, 5) is 10.9. The molecule has 0 radical (unpaired) electrons. The molecule has 82 valence electrons. The Morgan fingerprint density at radius 1 is 1.50 bits per heavy atom. The summed E-state index contributed by atoms with van der Waals surface area (Å²) in [6.45, 7) is 2.06. The molecule has 2 aromatic rings. The van der Waals surface area contributed by atoms with E-state index in [-0.39, 0.29) is 0 Å². The Labute approximate surface area is 98.7 Å². The van der Waals surface area contributed by atoms with E-state index in [9.17, 15) is 4.79 Å². The number of hydrogen-bond acceptors (Lipinski definition) is 2. The van der Waals surface area contributed by atoms with Crippen LogP contribution in [0.3, 0.4) is 0 Å². The Kier molecular flexibility index (Phi) is 3.06. The zero-order chi connectivity index (χ0) is 11.5. The highest BCUT2D eigenvalue weighted by Crippen LogP contribution is 2.18. The first kappa shape index (κ1) is 10.9. The van der Waals surface area contributed by atoms with Crippen molar-refractivity contribution in [2.45, 2.75) is 13.3 Å². The van der Waals surface area contributed by atoms with Gasteiger partial charge in [-0.2, -0.15) is 5.10 Å². The Balaban J connectivity index is 2.50. The van der Waals surface area contributed by atoms with E-state index in [2.05, 4.69) is 12.0 Å². The molecule has 1 heterocycles. The van der Waals surface area contributed by atoms with Gasteiger partial charge in [-0.05, 0) is 30.2 Å². The fraction of sp³-hybridized carbons (Fsp3) is 0.167. The van der Waals surface area contributed by atoms with Crippen molar-refractivity contribution in [1.82, 2.24) is 9.78 Å². The second-order valence-corrected chi connectivity index (χ2v) is 3.90. The van der Waals surface area contributed by atoms with Gasteiger partial charge < -0.3 is 0 Å². The molecule has 0 fully saturated rings. The highest BCUT2D eigenvalue weighted by molar-refractivity contribution is 6.30. The molecule has 0 aliphatic rings. The second-order valence-electron chi connectivity index (χ2n) is 3.47. The van der Waals surface area contributed by atoms with E-state index in [4.69, 9.17) is 11.6 Å². The molecule has 0 aliphatic carbocycles. The highest BCUT2D eigenvalue weighted by Gasteiger charge is 2.06. The number of aromatic nitrogens is 2. The van der Waals surface area contributed by atoms with Crippen molar-refractivity contribution in [2.24, 2.45) is 0 Å². The van der Waals surface area contributed by atoms with E-state index < -0.39 is 0 Å². The first-order valence-corrected chi connectivity index (χ1v) is 5.41. The third-order valence-electron chi connectivity index (χ3n) is 2.41. The minimum absolute atomic E-state index is 0.540. The van der Waals surface area contributed by atoms with Gasteiger partial charge in [-0.1, -0.05) is 18.5 Å². The molecule has 0 saturated carbocycles. The summed E-state index contributed by atoms with van der Waals surface area (Å²) < 4.78 is 1.69. The zero-order valence-electron chi connectivity index (χ0n) is 8.85. The molecule has 2 rings (SSSR count). The molecule has 3 nitrogen and oxygen atoms in total. The summed E-state index contributed by atoms with van der Waals surface area (Å²) in [5.41, 5.74) is 2.42. The number of rotatable bonds is 3. The molecule has 0 amide bonds. The van der Waals surface area contributed by atoms with Gasteiger partial charge in [0.1, 0.15) is 0 Å². The van der Waals surface area contributed by atoms with Crippen LogP contribution in [0.15, 0.2) is 30.6 Å². The molecule has 0 bridgehead atoms. The number of benzene rings is 1. The van der Waals surface area contributed by atoms with Crippen molar-refractivity contribution in [3.8, 4) is 5.69 Å². The molecule has 0 spiro atoms. The Hall–Kier alpha value is -1.61. The van der Waals surface area contributed by atoms with Crippen LogP contribution >= 0.6 is 11.6 Å². The van der Waals surface area contributed by atoms with Gasteiger partial charge in [0.05, 0.1) is 11.9 Å². The highest BCUT2D eigenvalue weighted by atomic mass is 35.5. The van der Waals surface area contributed by atoms with Crippen LogP contribution < -0.4 is 0 Å². The molecular weight excluding hydrogens is 224 g/mol. The van der Waals surface area contributed by atoms with Crippen molar-refractivity contribution in [1.29, 1.82) is 0 Å². The molecule has 16 heavy (non-hydrogen) atoms. The van der Waals surface area contributed by atoms with Crippen molar-refractivity contribution in [2.75, 3.05) is 0 Å². The smallest absolute Gasteiger partial charge is 0.152 e. The van der Waals surface area contributed by atoms with E-state index in [0.717, 1.165) is 24.0 Å². The SMILES string of the molecule is CCc1cnn(-c2ccc(Cl)cc2C=O)c1. The maximum Gasteiger partial charge on any atom is 0.152 e. The zero-order valence-corrected chi connectivity index (χ0v) is 9.61. The van der Waals surface area contributed by atoms with Crippen LogP contribution in [-0.4, -0.2) is 16.1 Å².